The first-order valence-corrected chi connectivity index (χ1v) is 10.7. The minimum Gasteiger partial charge on any atom is -0.440 e. The number of rotatable bonds is 4. The number of nitrogens with zero attached hydrogens (tertiary/aromatic N) is 1. The van der Waals surface area contributed by atoms with Crippen molar-refractivity contribution in [3.05, 3.63) is 119 Å². The van der Waals surface area contributed by atoms with Crippen LogP contribution in [0.2, 0.25) is 0 Å². The van der Waals surface area contributed by atoms with Gasteiger partial charge in [-0.15, -0.1) is 0 Å². The summed E-state index contributed by atoms with van der Waals surface area (Å²) in [5.41, 5.74) is 8.50. The van der Waals surface area contributed by atoms with E-state index in [-0.39, 0.29) is 23.7 Å². The van der Waals surface area contributed by atoms with Crippen LogP contribution in [-0.4, -0.2) is 5.97 Å². The van der Waals surface area contributed by atoms with Gasteiger partial charge >= 0.3 is 5.97 Å². The zero-order valence-corrected chi connectivity index (χ0v) is 18.0. The topological polar surface area (TPSA) is 85.3 Å². The van der Waals surface area contributed by atoms with Crippen LogP contribution in [0.25, 0.3) is 10.8 Å². The molecule has 0 radical (unpaired) electrons. The van der Waals surface area contributed by atoms with Gasteiger partial charge in [0.25, 0.3) is 0 Å². The Morgan fingerprint density at radius 3 is 2.59 bits per heavy atom. The van der Waals surface area contributed by atoms with Crippen LogP contribution >= 0.6 is 0 Å². The van der Waals surface area contributed by atoms with Crippen molar-refractivity contribution >= 4 is 16.7 Å². The van der Waals surface area contributed by atoms with E-state index in [4.69, 9.17) is 15.2 Å². The lowest BCUT2D eigenvalue weighted by molar-refractivity contribution is -0.133. The fraction of sp³-hybridized carbons (Fsp3) is 0.0714. The summed E-state index contributed by atoms with van der Waals surface area (Å²) < 4.78 is 24.7. The molecule has 1 aliphatic heterocycles. The van der Waals surface area contributed by atoms with Gasteiger partial charge in [0, 0.05) is 11.6 Å². The van der Waals surface area contributed by atoms with Crippen LogP contribution in [0.3, 0.4) is 0 Å². The van der Waals surface area contributed by atoms with Crippen LogP contribution in [0.15, 0.2) is 96.4 Å². The molecule has 4 aromatic carbocycles. The number of nitrogens with two attached hydrogens (primary N) is 1. The molecule has 0 saturated carbocycles. The number of hydrogen-bond donors (Lipinski definition) is 1. The summed E-state index contributed by atoms with van der Waals surface area (Å²) in [4.78, 5) is 12.7. The molecule has 6 heteroatoms. The second-order valence-corrected chi connectivity index (χ2v) is 7.97. The molecule has 34 heavy (non-hydrogen) atoms. The van der Waals surface area contributed by atoms with Crippen LogP contribution in [0, 0.1) is 17.1 Å². The Kier molecular flexibility index (Phi) is 5.44. The van der Waals surface area contributed by atoms with E-state index in [2.05, 4.69) is 6.07 Å². The summed E-state index contributed by atoms with van der Waals surface area (Å²) in [7, 11) is 0. The van der Waals surface area contributed by atoms with Crippen molar-refractivity contribution in [1.29, 1.82) is 5.26 Å². The Bertz CT molecular complexity index is 1480. The summed E-state index contributed by atoms with van der Waals surface area (Å²) in [6, 6.07) is 26.6. The second kappa shape index (κ2) is 8.72. The molecule has 0 amide bonds. The third-order valence-electron chi connectivity index (χ3n) is 5.84. The van der Waals surface area contributed by atoms with Crippen molar-refractivity contribution in [2.75, 3.05) is 0 Å². The third-order valence-corrected chi connectivity index (χ3v) is 5.84. The van der Waals surface area contributed by atoms with Gasteiger partial charge in [0.1, 0.15) is 29.0 Å². The van der Waals surface area contributed by atoms with Crippen LogP contribution in [0.1, 0.15) is 22.6 Å². The number of nitriles is 1. The monoisotopic (exact) mass is 450 g/mol. The molecule has 2 N–H and O–H groups in total. The molecular formula is C28H19FN2O3. The lowest BCUT2D eigenvalue weighted by Gasteiger charge is -2.26. The lowest BCUT2D eigenvalue weighted by atomic mass is 9.83. The van der Waals surface area contributed by atoms with Gasteiger partial charge in [-0.2, -0.15) is 5.26 Å². The number of ether oxygens (including phenoxy) is 2. The molecule has 0 fully saturated rings. The molecule has 1 aliphatic rings. The predicted octanol–water partition coefficient (Wildman–Crippen LogP) is 5.35. The van der Waals surface area contributed by atoms with Gasteiger partial charge in [-0.3, -0.25) is 4.79 Å². The summed E-state index contributed by atoms with van der Waals surface area (Å²) in [6.07, 6.45) is 0.109. The average Bonchev–Trinajstić information content (AvgIpc) is 2.84. The quantitative estimate of drug-likeness (QED) is 0.335. The van der Waals surface area contributed by atoms with Gasteiger partial charge in [0.05, 0.1) is 12.3 Å². The van der Waals surface area contributed by atoms with E-state index in [9.17, 15) is 14.4 Å². The number of halogens is 1. The highest BCUT2D eigenvalue weighted by Crippen LogP contribution is 2.43. The van der Waals surface area contributed by atoms with Gasteiger partial charge in [-0.05, 0) is 40.1 Å². The Labute approximate surface area is 195 Å². The normalized spacial score (nSPS) is 14.8. The summed E-state index contributed by atoms with van der Waals surface area (Å²) >= 11 is 0. The van der Waals surface area contributed by atoms with Gasteiger partial charge < -0.3 is 15.2 Å². The molecule has 5 rings (SSSR count). The van der Waals surface area contributed by atoms with E-state index in [1.807, 2.05) is 42.5 Å². The van der Waals surface area contributed by atoms with E-state index in [1.165, 1.54) is 12.1 Å². The highest BCUT2D eigenvalue weighted by molar-refractivity contribution is 5.89. The molecule has 0 aliphatic carbocycles. The number of carbonyl (C=O) groups is 1. The number of esters is 1. The first kappa shape index (κ1) is 21.2. The maximum Gasteiger partial charge on any atom is 0.315 e. The van der Waals surface area contributed by atoms with Crippen molar-refractivity contribution in [3.63, 3.8) is 0 Å². The Balaban J connectivity index is 1.42. The van der Waals surface area contributed by atoms with Gasteiger partial charge in [-0.1, -0.05) is 60.7 Å². The Morgan fingerprint density at radius 1 is 1.03 bits per heavy atom. The zero-order chi connectivity index (χ0) is 23.7. The fourth-order valence-electron chi connectivity index (χ4n) is 4.27. The molecule has 1 heterocycles. The fourth-order valence-corrected chi connectivity index (χ4v) is 4.27. The average molecular weight is 450 g/mol. The van der Waals surface area contributed by atoms with E-state index in [0.717, 1.165) is 16.3 Å². The van der Waals surface area contributed by atoms with E-state index in [1.54, 1.807) is 30.3 Å². The summed E-state index contributed by atoms with van der Waals surface area (Å²) in [5.74, 6) is -0.668. The molecule has 166 valence electrons. The molecule has 0 saturated heterocycles. The molecule has 5 nitrogen and oxygen atoms in total. The number of allylic oxidation sites excluding steroid dienone is 1. The highest BCUT2D eigenvalue weighted by atomic mass is 19.1. The summed E-state index contributed by atoms with van der Waals surface area (Å²) in [5, 5.41) is 11.7. The molecule has 0 spiro atoms. The number of hydrogen-bond acceptors (Lipinski definition) is 5. The molecule has 1 atom stereocenters. The highest BCUT2D eigenvalue weighted by Gasteiger charge is 2.31. The van der Waals surface area contributed by atoms with Crippen molar-refractivity contribution in [3.8, 4) is 17.6 Å². The largest absolute Gasteiger partial charge is 0.440 e. The maximum atomic E-state index is 13.4. The SMILES string of the molecule is N#CC1=C(N)Oc2cc(OC(=O)Cc3cccc4ccccc34)ccc2C1c1ccc(F)cc1. The molecule has 1 unspecified atom stereocenters. The Morgan fingerprint density at radius 2 is 1.79 bits per heavy atom. The number of carbonyl (C=O) groups excluding carboxylic acids is 1. The predicted molar refractivity (Wildman–Crippen MR) is 125 cm³/mol. The molecular weight excluding hydrogens is 431 g/mol. The second-order valence-electron chi connectivity index (χ2n) is 7.97. The van der Waals surface area contributed by atoms with Crippen LogP contribution in [0.5, 0.6) is 11.5 Å². The smallest absolute Gasteiger partial charge is 0.315 e. The van der Waals surface area contributed by atoms with Gasteiger partial charge in [0.15, 0.2) is 0 Å². The maximum absolute atomic E-state index is 13.4. The van der Waals surface area contributed by atoms with Gasteiger partial charge in [0.2, 0.25) is 5.88 Å². The summed E-state index contributed by atoms with van der Waals surface area (Å²) in [6.45, 7) is 0. The van der Waals surface area contributed by atoms with E-state index >= 15 is 0 Å². The van der Waals surface area contributed by atoms with Crippen molar-refractivity contribution in [2.24, 2.45) is 5.73 Å². The molecule has 0 bridgehead atoms. The van der Waals surface area contributed by atoms with Crippen LogP contribution in [0.4, 0.5) is 4.39 Å². The van der Waals surface area contributed by atoms with Gasteiger partial charge in [-0.25, -0.2) is 4.39 Å². The molecule has 4 aromatic rings. The lowest BCUT2D eigenvalue weighted by Crippen LogP contribution is -2.21. The third kappa shape index (κ3) is 3.96. The first-order valence-electron chi connectivity index (χ1n) is 10.7. The van der Waals surface area contributed by atoms with Crippen LogP contribution < -0.4 is 15.2 Å². The Hall–Kier alpha value is -4.63. The molecule has 0 aromatic heterocycles. The van der Waals surface area contributed by atoms with Crippen LogP contribution in [-0.2, 0) is 11.2 Å². The van der Waals surface area contributed by atoms with E-state index in [0.29, 0.717) is 22.6 Å². The zero-order valence-electron chi connectivity index (χ0n) is 18.0. The van der Waals surface area contributed by atoms with Crippen molar-refractivity contribution in [1.82, 2.24) is 0 Å². The standard InChI is InChI=1S/C28H19FN2O3/c29-20-10-8-18(9-11-20)27-23-13-12-21(15-25(23)34-28(31)24(27)16-30)33-26(32)14-19-6-3-5-17-4-1-2-7-22(17)19/h1-13,15,27H,14,31H2. The van der Waals surface area contributed by atoms with Crippen molar-refractivity contribution in [2.45, 2.75) is 12.3 Å². The minimum atomic E-state index is -0.519. The van der Waals surface area contributed by atoms with Crippen molar-refractivity contribution < 1.29 is 18.7 Å². The minimum absolute atomic E-state index is 0.0384. The number of fused-ring (bicyclic) bond motifs is 2. The first-order chi connectivity index (χ1) is 16.5. The number of benzene rings is 4. The van der Waals surface area contributed by atoms with E-state index < -0.39 is 11.9 Å².